The fraction of sp³-hybridized carbons (Fsp3) is 0.909. The zero-order valence-corrected chi connectivity index (χ0v) is 9.70. The summed E-state index contributed by atoms with van der Waals surface area (Å²) in [6.45, 7) is 1.90. The first-order chi connectivity index (χ1) is 7.81. The molecule has 0 bridgehead atoms. The molecule has 0 aromatic rings. The molecule has 3 atom stereocenters. The molecule has 0 aromatic carbocycles. The summed E-state index contributed by atoms with van der Waals surface area (Å²) in [7, 11) is 1.71. The van der Waals surface area contributed by atoms with Crippen LogP contribution in [0.25, 0.3) is 0 Å². The van der Waals surface area contributed by atoms with E-state index in [1.54, 1.807) is 7.11 Å². The molecule has 1 aliphatic heterocycles. The van der Waals surface area contributed by atoms with Gasteiger partial charge in [-0.1, -0.05) is 0 Å². The number of carbonyl (C=O) groups excluding carboxylic acids is 1. The van der Waals surface area contributed by atoms with Gasteiger partial charge in [-0.15, -0.1) is 0 Å². The van der Waals surface area contributed by atoms with E-state index in [4.69, 9.17) is 9.47 Å². The third kappa shape index (κ3) is 2.72. The van der Waals surface area contributed by atoms with Crippen LogP contribution in [0.4, 0.5) is 0 Å². The number of amides is 1. The number of rotatable bonds is 3. The molecule has 1 saturated carbocycles. The maximum atomic E-state index is 11.9. The van der Waals surface area contributed by atoms with Gasteiger partial charge in [0, 0.05) is 13.7 Å². The summed E-state index contributed by atoms with van der Waals surface area (Å²) in [5.41, 5.74) is 0. The van der Waals surface area contributed by atoms with Gasteiger partial charge in [0.05, 0.1) is 25.4 Å². The lowest BCUT2D eigenvalue weighted by Gasteiger charge is -2.26. The van der Waals surface area contributed by atoms with E-state index in [0.29, 0.717) is 13.2 Å². The van der Waals surface area contributed by atoms with E-state index in [9.17, 15) is 4.79 Å². The van der Waals surface area contributed by atoms with E-state index < -0.39 is 0 Å². The van der Waals surface area contributed by atoms with Crippen LogP contribution in [-0.4, -0.2) is 51.0 Å². The molecule has 5 nitrogen and oxygen atoms in total. The average molecular weight is 228 g/mol. The molecular formula is C11H20N2O3. The van der Waals surface area contributed by atoms with Crippen molar-refractivity contribution in [3.8, 4) is 0 Å². The molecule has 0 aromatic heterocycles. The number of morpholine rings is 1. The summed E-state index contributed by atoms with van der Waals surface area (Å²) in [6, 6.07) is -0.0342. The van der Waals surface area contributed by atoms with Crippen molar-refractivity contribution >= 4 is 5.91 Å². The minimum absolute atomic E-state index is 0.0358. The van der Waals surface area contributed by atoms with Crippen LogP contribution in [0.1, 0.15) is 19.3 Å². The Balaban J connectivity index is 1.81. The molecule has 1 amide bonds. The molecule has 16 heavy (non-hydrogen) atoms. The predicted octanol–water partition coefficient (Wildman–Crippen LogP) is -0.341. The first-order valence-corrected chi connectivity index (χ1v) is 5.95. The van der Waals surface area contributed by atoms with Gasteiger partial charge in [0.2, 0.25) is 5.91 Å². The van der Waals surface area contributed by atoms with Crippen molar-refractivity contribution in [1.29, 1.82) is 0 Å². The summed E-state index contributed by atoms with van der Waals surface area (Å²) in [6.07, 6.45) is 3.35. The van der Waals surface area contributed by atoms with Gasteiger partial charge in [-0.05, 0) is 19.3 Å². The topological polar surface area (TPSA) is 59.6 Å². The molecule has 2 N–H and O–H groups in total. The third-order valence-corrected chi connectivity index (χ3v) is 3.32. The standard InChI is InChI=1S/C11H20N2O3/c1-15-10-4-2-3-8(10)13-11(14)9-7-16-6-5-12-9/h8-10,12H,2-7H2,1H3,(H,13,14). The summed E-state index contributed by atoms with van der Waals surface area (Å²) in [5, 5.41) is 6.19. The Labute approximate surface area is 95.9 Å². The van der Waals surface area contributed by atoms with Crippen LogP contribution in [0.2, 0.25) is 0 Å². The second-order valence-corrected chi connectivity index (χ2v) is 4.40. The van der Waals surface area contributed by atoms with Crippen molar-refractivity contribution < 1.29 is 14.3 Å². The molecule has 0 spiro atoms. The van der Waals surface area contributed by atoms with Crippen molar-refractivity contribution in [3.05, 3.63) is 0 Å². The number of carbonyl (C=O) groups is 1. The number of hydrogen-bond acceptors (Lipinski definition) is 4. The molecule has 3 unspecified atom stereocenters. The Morgan fingerprint density at radius 2 is 2.38 bits per heavy atom. The highest BCUT2D eigenvalue weighted by molar-refractivity contribution is 5.82. The lowest BCUT2D eigenvalue weighted by molar-refractivity contribution is -0.127. The Morgan fingerprint density at radius 1 is 1.50 bits per heavy atom. The second kappa shape index (κ2) is 5.61. The van der Waals surface area contributed by atoms with E-state index >= 15 is 0 Å². The highest BCUT2D eigenvalue weighted by Crippen LogP contribution is 2.21. The summed E-state index contributed by atoms with van der Waals surface area (Å²) >= 11 is 0. The molecule has 1 saturated heterocycles. The molecule has 1 aliphatic carbocycles. The SMILES string of the molecule is COC1CCCC1NC(=O)C1COCCN1. The molecular weight excluding hydrogens is 208 g/mol. The van der Waals surface area contributed by atoms with Crippen LogP contribution in [0, 0.1) is 0 Å². The van der Waals surface area contributed by atoms with Gasteiger partial charge in [0.1, 0.15) is 6.04 Å². The lowest BCUT2D eigenvalue weighted by Crippen LogP contribution is -2.54. The highest BCUT2D eigenvalue weighted by atomic mass is 16.5. The van der Waals surface area contributed by atoms with E-state index in [2.05, 4.69) is 10.6 Å². The van der Waals surface area contributed by atoms with Crippen molar-refractivity contribution in [2.75, 3.05) is 26.9 Å². The first-order valence-electron chi connectivity index (χ1n) is 5.95. The smallest absolute Gasteiger partial charge is 0.239 e. The first kappa shape index (κ1) is 11.8. The molecule has 5 heteroatoms. The molecule has 1 heterocycles. The maximum absolute atomic E-state index is 11.9. The molecule has 92 valence electrons. The molecule has 2 aliphatic rings. The van der Waals surface area contributed by atoms with Crippen molar-refractivity contribution in [2.45, 2.75) is 37.5 Å². The number of methoxy groups -OCH3 is 1. The largest absolute Gasteiger partial charge is 0.379 e. The number of hydrogen-bond donors (Lipinski definition) is 2. The second-order valence-electron chi connectivity index (χ2n) is 4.40. The maximum Gasteiger partial charge on any atom is 0.239 e. The van der Waals surface area contributed by atoms with Crippen LogP contribution in [0.5, 0.6) is 0 Å². The monoisotopic (exact) mass is 228 g/mol. The molecule has 0 radical (unpaired) electrons. The molecule has 2 rings (SSSR count). The fourth-order valence-corrected chi connectivity index (χ4v) is 2.39. The zero-order chi connectivity index (χ0) is 11.4. The van der Waals surface area contributed by atoms with E-state index in [1.165, 1.54) is 0 Å². The van der Waals surface area contributed by atoms with Crippen molar-refractivity contribution in [3.63, 3.8) is 0 Å². The van der Waals surface area contributed by atoms with Gasteiger partial charge in [-0.25, -0.2) is 0 Å². The van der Waals surface area contributed by atoms with Crippen molar-refractivity contribution in [1.82, 2.24) is 10.6 Å². The number of ether oxygens (including phenoxy) is 2. The summed E-state index contributed by atoms with van der Waals surface area (Å²) < 4.78 is 10.6. The Hall–Kier alpha value is -0.650. The normalized spacial score (nSPS) is 34.9. The van der Waals surface area contributed by atoms with Crippen LogP contribution < -0.4 is 10.6 Å². The Bertz CT molecular complexity index is 241. The van der Waals surface area contributed by atoms with Gasteiger partial charge in [-0.2, -0.15) is 0 Å². The fourth-order valence-electron chi connectivity index (χ4n) is 2.39. The van der Waals surface area contributed by atoms with Gasteiger partial charge in [0.15, 0.2) is 0 Å². The van der Waals surface area contributed by atoms with Gasteiger partial charge >= 0.3 is 0 Å². The highest BCUT2D eigenvalue weighted by Gasteiger charge is 2.31. The molecule has 2 fully saturated rings. The van der Waals surface area contributed by atoms with E-state index in [0.717, 1.165) is 25.8 Å². The third-order valence-electron chi connectivity index (χ3n) is 3.32. The van der Waals surface area contributed by atoms with Crippen LogP contribution in [0.3, 0.4) is 0 Å². The zero-order valence-electron chi connectivity index (χ0n) is 9.70. The van der Waals surface area contributed by atoms with Gasteiger partial charge in [0.25, 0.3) is 0 Å². The minimum atomic E-state index is -0.202. The number of nitrogens with one attached hydrogen (secondary N) is 2. The van der Waals surface area contributed by atoms with Crippen molar-refractivity contribution in [2.24, 2.45) is 0 Å². The summed E-state index contributed by atoms with van der Waals surface area (Å²) in [5.74, 6) is 0.0358. The van der Waals surface area contributed by atoms with E-state index in [-0.39, 0.29) is 24.1 Å². The van der Waals surface area contributed by atoms with Crippen LogP contribution in [0.15, 0.2) is 0 Å². The average Bonchev–Trinajstić information content (AvgIpc) is 2.77. The van der Waals surface area contributed by atoms with E-state index in [1.807, 2.05) is 0 Å². The predicted molar refractivity (Wildman–Crippen MR) is 59.2 cm³/mol. The summed E-state index contributed by atoms with van der Waals surface area (Å²) in [4.78, 5) is 11.9. The lowest BCUT2D eigenvalue weighted by atomic mass is 10.2. The quantitative estimate of drug-likeness (QED) is 0.694. The van der Waals surface area contributed by atoms with Gasteiger partial charge in [-0.3, -0.25) is 4.79 Å². The van der Waals surface area contributed by atoms with Crippen LogP contribution in [-0.2, 0) is 14.3 Å². The Kier molecular flexibility index (Phi) is 4.15. The minimum Gasteiger partial charge on any atom is -0.379 e. The Morgan fingerprint density at radius 3 is 3.06 bits per heavy atom. The van der Waals surface area contributed by atoms with Crippen LogP contribution >= 0.6 is 0 Å². The van der Waals surface area contributed by atoms with Gasteiger partial charge < -0.3 is 20.1 Å².